The van der Waals surface area contributed by atoms with Crippen molar-refractivity contribution in [3.05, 3.63) is 5.89 Å². The van der Waals surface area contributed by atoms with E-state index >= 15 is 0 Å². The second-order valence-electron chi connectivity index (χ2n) is 3.25. The maximum Gasteiger partial charge on any atom is 0.266 e. The number of nitriles is 1. The lowest BCUT2D eigenvalue weighted by Crippen LogP contribution is -2.36. The van der Waals surface area contributed by atoms with E-state index in [1.807, 2.05) is 11.0 Å². The van der Waals surface area contributed by atoms with E-state index in [9.17, 15) is 0 Å². The fourth-order valence-corrected chi connectivity index (χ4v) is 1.40. The minimum absolute atomic E-state index is 0.407. The molecule has 0 bridgehead atoms. The highest BCUT2D eigenvalue weighted by Gasteiger charge is 2.16. The molecule has 6 heteroatoms. The van der Waals surface area contributed by atoms with Gasteiger partial charge in [0.2, 0.25) is 5.89 Å². The summed E-state index contributed by atoms with van der Waals surface area (Å²) in [5, 5.41) is 12.3. The molecule has 0 aliphatic carbocycles. The van der Waals surface area contributed by atoms with Crippen molar-refractivity contribution >= 4 is 5.95 Å². The van der Waals surface area contributed by atoms with Crippen LogP contribution in [-0.4, -0.2) is 36.4 Å². The highest BCUT2D eigenvalue weighted by atomic mass is 16.5. The average Bonchev–Trinajstić information content (AvgIpc) is 2.76. The zero-order chi connectivity index (χ0) is 10.5. The minimum Gasteiger partial charge on any atom is -0.378 e. The maximum absolute atomic E-state index is 8.42. The maximum atomic E-state index is 8.42. The molecule has 1 aliphatic rings. The van der Waals surface area contributed by atoms with Gasteiger partial charge in [-0.2, -0.15) is 10.2 Å². The van der Waals surface area contributed by atoms with Crippen molar-refractivity contribution in [1.82, 2.24) is 10.1 Å². The van der Waals surface area contributed by atoms with E-state index in [-0.39, 0.29) is 0 Å². The zero-order valence-electron chi connectivity index (χ0n) is 8.35. The Hall–Kier alpha value is -1.61. The predicted molar refractivity (Wildman–Crippen MR) is 51.3 cm³/mol. The fraction of sp³-hybridized carbons (Fsp3) is 0.667. The number of aromatic nitrogens is 2. The minimum atomic E-state index is 0.407. The van der Waals surface area contributed by atoms with Gasteiger partial charge >= 0.3 is 0 Å². The number of morpholine rings is 1. The molecule has 0 aromatic carbocycles. The summed E-state index contributed by atoms with van der Waals surface area (Å²) < 4.78 is 10.2. The van der Waals surface area contributed by atoms with Gasteiger partial charge in [0.25, 0.3) is 5.95 Å². The first-order valence-corrected chi connectivity index (χ1v) is 4.92. The molecule has 0 unspecified atom stereocenters. The van der Waals surface area contributed by atoms with E-state index < -0.39 is 0 Å². The lowest BCUT2D eigenvalue weighted by atomic mass is 10.3. The van der Waals surface area contributed by atoms with Crippen LogP contribution in [0.5, 0.6) is 0 Å². The molecule has 80 valence electrons. The Bertz CT molecular complexity index is 351. The third kappa shape index (κ3) is 2.44. The molecule has 0 atom stereocenters. The molecule has 0 saturated carbocycles. The average molecular weight is 208 g/mol. The van der Waals surface area contributed by atoms with Gasteiger partial charge in [0.05, 0.1) is 19.3 Å². The molecule has 2 rings (SSSR count). The van der Waals surface area contributed by atoms with Gasteiger partial charge in [0.15, 0.2) is 0 Å². The van der Waals surface area contributed by atoms with Crippen LogP contribution in [0.3, 0.4) is 0 Å². The van der Waals surface area contributed by atoms with Crippen molar-refractivity contribution in [2.45, 2.75) is 12.8 Å². The fourth-order valence-electron chi connectivity index (χ4n) is 1.40. The number of anilines is 1. The van der Waals surface area contributed by atoms with Crippen molar-refractivity contribution in [1.29, 1.82) is 5.26 Å². The summed E-state index contributed by atoms with van der Waals surface area (Å²) in [6.07, 6.45) is 0.929. The van der Waals surface area contributed by atoms with E-state index in [4.69, 9.17) is 14.5 Å². The molecule has 2 heterocycles. The summed E-state index contributed by atoms with van der Waals surface area (Å²) in [6.45, 7) is 2.97. The predicted octanol–water partition coefficient (Wildman–Crippen LogP) is 0.362. The monoisotopic (exact) mass is 208 g/mol. The van der Waals surface area contributed by atoms with Crippen molar-refractivity contribution in [3.8, 4) is 6.07 Å². The van der Waals surface area contributed by atoms with Gasteiger partial charge in [-0.1, -0.05) is 0 Å². The number of hydrogen-bond acceptors (Lipinski definition) is 6. The van der Waals surface area contributed by atoms with Gasteiger partial charge in [0, 0.05) is 25.9 Å². The lowest BCUT2D eigenvalue weighted by molar-refractivity contribution is 0.121. The summed E-state index contributed by atoms with van der Waals surface area (Å²) in [4.78, 5) is 6.23. The van der Waals surface area contributed by atoms with Gasteiger partial charge in [-0.3, -0.25) is 0 Å². The topological polar surface area (TPSA) is 75.2 Å². The van der Waals surface area contributed by atoms with Crippen LogP contribution < -0.4 is 4.90 Å². The molecule has 1 fully saturated rings. The number of nitrogens with zero attached hydrogens (tertiary/aromatic N) is 4. The first kappa shape index (κ1) is 9.93. The smallest absolute Gasteiger partial charge is 0.266 e. The number of aryl methyl sites for hydroxylation is 1. The molecular weight excluding hydrogens is 196 g/mol. The van der Waals surface area contributed by atoms with E-state index in [2.05, 4.69) is 10.1 Å². The quantitative estimate of drug-likeness (QED) is 0.714. The van der Waals surface area contributed by atoms with Crippen LogP contribution in [0, 0.1) is 11.3 Å². The third-order valence-corrected chi connectivity index (χ3v) is 2.20. The van der Waals surface area contributed by atoms with E-state index in [0.717, 1.165) is 13.1 Å². The normalized spacial score (nSPS) is 16.3. The molecule has 1 aromatic heterocycles. The Balaban J connectivity index is 1.96. The first-order chi connectivity index (χ1) is 7.40. The molecule has 1 aliphatic heterocycles. The summed E-state index contributed by atoms with van der Waals surface area (Å²) in [6, 6.07) is 2.04. The van der Waals surface area contributed by atoms with E-state index in [1.54, 1.807) is 0 Å². The van der Waals surface area contributed by atoms with Crippen LogP contribution >= 0.6 is 0 Å². The molecule has 15 heavy (non-hydrogen) atoms. The zero-order valence-corrected chi connectivity index (χ0v) is 8.35. The molecule has 6 nitrogen and oxygen atoms in total. The molecular formula is C9H12N4O2. The molecule has 0 amide bonds. The van der Waals surface area contributed by atoms with Crippen LogP contribution in [0.25, 0.3) is 0 Å². The Morgan fingerprint density at radius 1 is 1.40 bits per heavy atom. The Kier molecular flexibility index (Phi) is 3.15. The van der Waals surface area contributed by atoms with Crippen LogP contribution in [0.2, 0.25) is 0 Å². The van der Waals surface area contributed by atoms with E-state index in [0.29, 0.717) is 37.9 Å². The Morgan fingerprint density at radius 3 is 2.93 bits per heavy atom. The van der Waals surface area contributed by atoms with Crippen molar-refractivity contribution < 1.29 is 9.26 Å². The Morgan fingerprint density at radius 2 is 2.20 bits per heavy atom. The SMILES string of the molecule is N#CCCc1nc(N2CCOCC2)no1. The second kappa shape index (κ2) is 4.75. The third-order valence-electron chi connectivity index (χ3n) is 2.20. The highest BCUT2D eigenvalue weighted by molar-refractivity contribution is 5.27. The number of rotatable bonds is 3. The van der Waals surface area contributed by atoms with Crippen molar-refractivity contribution in [2.24, 2.45) is 0 Å². The van der Waals surface area contributed by atoms with Gasteiger partial charge in [-0.15, -0.1) is 0 Å². The first-order valence-electron chi connectivity index (χ1n) is 4.92. The molecule has 0 spiro atoms. The summed E-state index contributed by atoms with van der Waals surface area (Å²) >= 11 is 0. The number of ether oxygens (including phenoxy) is 1. The van der Waals surface area contributed by atoms with Crippen LogP contribution in [0.1, 0.15) is 12.3 Å². The number of hydrogen-bond donors (Lipinski definition) is 0. The Labute approximate surface area is 87.4 Å². The molecule has 0 N–H and O–H groups in total. The largest absolute Gasteiger partial charge is 0.378 e. The van der Waals surface area contributed by atoms with Crippen molar-refractivity contribution in [3.63, 3.8) is 0 Å². The second-order valence-corrected chi connectivity index (χ2v) is 3.25. The van der Waals surface area contributed by atoms with Crippen LogP contribution in [0.15, 0.2) is 4.52 Å². The molecule has 0 radical (unpaired) electrons. The molecule has 1 aromatic rings. The summed E-state index contributed by atoms with van der Waals surface area (Å²) in [7, 11) is 0. The van der Waals surface area contributed by atoms with E-state index in [1.165, 1.54) is 0 Å². The lowest BCUT2D eigenvalue weighted by Gasteiger charge is -2.24. The standard InChI is InChI=1S/C9H12N4O2/c10-3-1-2-8-11-9(12-15-8)13-4-6-14-7-5-13/h1-2,4-7H2. The van der Waals surface area contributed by atoms with Gasteiger partial charge in [-0.25, -0.2) is 0 Å². The van der Waals surface area contributed by atoms with Gasteiger partial charge in [0.1, 0.15) is 0 Å². The highest BCUT2D eigenvalue weighted by Crippen LogP contribution is 2.11. The summed E-state index contributed by atoms with van der Waals surface area (Å²) in [5.74, 6) is 1.13. The van der Waals surface area contributed by atoms with Gasteiger partial charge in [-0.05, 0) is 5.16 Å². The van der Waals surface area contributed by atoms with Crippen LogP contribution in [0.4, 0.5) is 5.95 Å². The molecule has 1 saturated heterocycles. The van der Waals surface area contributed by atoms with Gasteiger partial charge < -0.3 is 14.2 Å². The van der Waals surface area contributed by atoms with Crippen molar-refractivity contribution in [2.75, 3.05) is 31.2 Å². The van der Waals surface area contributed by atoms with Crippen LogP contribution in [-0.2, 0) is 11.2 Å². The summed E-state index contributed by atoms with van der Waals surface area (Å²) in [5.41, 5.74) is 0.